The van der Waals surface area contributed by atoms with Gasteiger partial charge in [0, 0.05) is 24.7 Å². The molecule has 0 heterocycles. The fourth-order valence-corrected chi connectivity index (χ4v) is 4.31. The van der Waals surface area contributed by atoms with Gasteiger partial charge in [-0.15, -0.1) is 0 Å². The first-order valence-electron chi connectivity index (χ1n) is 9.64. The van der Waals surface area contributed by atoms with Gasteiger partial charge in [-0.25, -0.2) is 0 Å². The smallest absolute Gasteiger partial charge is 0.305 e. The normalized spacial score (nSPS) is 25.0. The van der Waals surface area contributed by atoms with Crippen molar-refractivity contribution in [2.75, 3.05) is 7.11 Å². The number of unbranched alkanes of at least 4 members (excludes halogenated alkanes) is 1. The minimum absolute atomic E-state index is 0.104. The van der Waals surface area contributed by atoms with Crippen molar-refractivity contribution in [2.45, 2.75) is 63.4 Å². The molecule has 4 heteroatoms. The minimum atomic E-state index is -0.584. The maximum absolute atomic E-state index is 12.4. The number of carbonyl (C=O) groups is 2. The van der Waals surface area contributed by atoms with Crippen LogP contribution in [0.2, 0.25) is 0 Å². The van der Waals surface area contributed by atoms with Crippen LogP contribution in [0.15, 0.2) is 30.4 Å². The van der Waals surface area contributed by atoms with Gasteiger partial charge in [-0.05, 0) is 55.2 Å². The summed E-state index contributed by atoms with van der Waals surface area (Å²) in [5, 5.41) is 10.5. The maximum Gasteiger partial charge on any atom is 0.305 e. The lowest BCUT2D eigenvalue weighted by atomic mass is 9.84. The number of hydrogen-bond donors (Lipinski definition) is 1. The predicted molar refractivity (Wildman–Crippen MR) is 100.0 cm³/mol. The van der Waals surface area contributed by atoms with Gasteiger partial charge in [-0.3, -0.25) is 9.59 Å². The third-order valence-electron chi connectivity index (χ3n) is 5.72. The molecule has 0 amide bonds. The van der Waals surface area contributed by atoms with Crippen molar-refractivity contribution in [1.29, 1.82) is 0 Å². The lowest BCUT2D eigenvalue weighted by molar-refractivity contribution is -0.140. The largest absolute Gasteiger partial charge is 0.469 e. The quantitative estimate of drug-likeness (QED) is 0.461. The van der Waals surface area contributed by atoms with Crippen LogP contribution in [-0.4, -0.2) is 30.1 Å². The van der Waals surface area contributed by atoms with Crippen LogP contribution in [0, 0.1) is 5.92 Å². The van der Waals surface area contributed by atoms with Gasteiger partial charge in [0.15, 0.2) is 0 Å². The zero-order chi connectivity index (χ0) is 18.5. The van der Waals surface area contributed by atoms with Crippen LogP contribution >= 0.6 is 0 Å². The number of rotatable bonds is 7. The molecule has 1 aromatic rings. The first kappa shape index (κ1) is 18.8. The summed E-state index contributed by atoms with van der Waals surface area (Å²) in [4.78, 5) is 23.5. The molecule has 0 saturated heterocycles. The number of aliphatic hydroxyl groups is 1. The Labute approximate surface area is 155 Å². The number of methoxy groups -OCH3 is 1. The van der Waals surface area contributed by atoms with Crippen molar-refractivity contribution in [2.24, 2.45) is 5.92 Å². The van der Waals surface area contributed by atoms with Crippen molar-refractivity contribution in [3.05, 3.63) is 47.0 Å². The van der Waals surface area contributed by atoms with Gasteiger partial charge in [-0.2, -0.15) is 0 Å². The molecule has 0 radical (unpaired) electrons. The molecule has 26 heavy (non-hydrogen) atoms. The van der Waals surface area contributed by atoms with Crippen LogP contribution in [0.1, 0.15) is 61.1 Å². The number of fused-ring (bicyclic) bond motifs is 1. The SMILES string of the molecule is COC(=O)CCC/C=C\C[C@H]1C(=O)C[C@@H](O)[C@@H]1c1ccc2c(c1)CCC2. The summed E-state index contributed by atoms with van der Waals surface area (Å²) >= 11 is 0. The standard InChI is InChI=1S/C22H28O4/c1-26-21(25)10-5-3-2-4-9-18-19(23)14-20(24)22(18)17-12-11-15-7-6-8-16(15)13-17/h2,4,11-13,18,20,22,24H,3,5-10,14H2,1H3/b4-2-/t18-,20+,22+/m0/s1. The van der Waals surface area contributed by atoms with Crippen LogP contribution < -0.4 is 0 Å². The Kier molecular flexibility index (Phi) is 6.25. The molecule has 140 valence electrons. The molecule has 2 aliphatic rings. The predicted octanol–water partition coefficient (Wildman–Crippen LogP) is 3.50. The third-order valence-corrected chi connectivity index (χ3v) is 5.72. The Morgan fingerprint density at radius 3 is 2.88 bits per heavy atom. The number of benzene rings is 1. The van der Waals surface area contributed by atoms with E-state index in [0.717, 1.165) is 31.2 Å². The number of aryl methyl sites for hydroxylation is 2. The van der Waals surface area contributed by atoms with Crippen molar-refractivity contribution in [3.8, 4) is 0 Å². The molecule has 0 aromatic heterocycles. The lowest BCUT2D eigenvalue weighted by Gasteiger charge is -2.21. The van der Waals surface area contributed by atoms with Gasteiger partial charge in [0.05, 0.1) is 13.2 Å². The summed E-state index contributed by atoms with van der Waals surface area (Å²) in [5.74, 6) is -0.291. The van der Waals surface area contributed by atoms with Crippen molar-refractivity contribution in [3.63, 3.8) is 0 Å². The third kappa shape index (κ3) is 4.24. The maximum atomic E-state index is 12.4. The molecule has 4 nitrogen and oxygen atoms in total. The average Bonchev–Trinajstić information content (AvgIpc) is 3.20. The Balaban J connectivity index is 1.61. The molecule has 1 aromatic carbocycles. The fourth-order valence-electron chi connectivity index (χ4n) is 4.31. The molecule has 0 aliphatic heterocycles. The first-order chi connectivity index (χ1) is 12.6. The number of carbonyl (C=O) groups excluding carboxylic acids is 2. The molecule has 1 N–H and O–H groups in total. The Morgan fingerprint density at radius 2 is 2.08 bits per heavy atom. The van der Waals surface area contributed by atoms with Gasteiger partial charge in [0.1, 0.15) is 5.78 Å². The summed E-state index contributed by atoms with van der Waals surface area (Å²) in [6, 6.07) is 6.48. The molecule has 0 unspecified atom stereocenters. The molecule has 1 saturated carbocycles. The fraction of sp³-hybridized carbons (Fsp3) is 0.545. The van der Waals surface area contributed by atoms with E-state index in [4.69, 9.17) is 0 Å². The molecular formula is C22H28O4. The molecular weight excluding hydrogens is 328 g/mol. The Hall–Kier alpha value is -1.94. The zero-order valence-electron chi connectivity index (χ0n) is 15.4. The van der Waals surface area contributed by atoms with E-state index in [1.165, 1.54) is 24.7 Å². The van der Waals surface area contributed by atoms with Crippen LogP contribution in [-0.2, 0) is 27.2 Å². The van der Waals surface area contributed by atoms with Gasteiger partial charge in [0.2, 0.25) is 0 Å². The van der Waals surface area contributed by atoms with E-state index < -0.39 is 6.10 Å². The zero-order valence-corrected chi connectivity index (χ0v) is 15.4. The van der Waals surface area contributed by atoms with Crippen LogP contribution in [0.3, 0.4) is 0 Å². The molecule has 1 fully saturated rings. The molecule has 2 aliphatic carbocycles. The van der Waals surface area contributed by atoms with E-state index in [1.807, 2.05) is 12.2 Å². The number of ether oxygens (including phenoxy) is 1. The van der Waals surface area contributed by atoms with E-state index in [9.17, 15) is 14.7 Å². The van der Waals surface area contributed by atoms with Gasteiger partial charge < -0.3 is 9.84 Å². The number of ketones is 1. The Bertz CT molecular complexity index is 691. The van der Waals surface area contributed by atoms with Gasteiger partial charge in [0.25, 0.3) is 0 Å². The van der Waals surface area contributed by atoms with E-state index >= 15 is 0 Å². The molecule has 0 bridgehead atoms. The van der Waals surface area contributed by atoms with Crippen molar-refractivity contribution in [1.82, 2.24) is 0 Å². The number of Topliss-reactive ketones (excluding diaryl/α,β-unsaturated/α-hetero) is 1. The second-order valence-corrected chi connectivity index (χ2v) is 7.43. The highest BCUT2D eigenvalue weighted by Gasteiger charge is 2.41. The second-order valence-electron chi connectivity index (χ2n) is 7.43. The summed E-state index contributed by atoms with van der Waals surface area (Å²) in [5.41, 5.74) is 3.90. The van der Waals surface area contributed by atoms with E-state index in [0.29, 0.717) is 12.8 Å². The minimum Gasteiger partial charge on any atom is -0.469 e. The van der Waals surface area contributed by atoms with E-state index in [1.54, 1.807) is 0 Å². The number of aliphatic hydroxyl groups excluding tert-OH is 1. The van der Waals surface area contributed by atoms with Gasteiger partial charge >= 0.3 is 5.97 Å². The monoisotopic (exact) mass is 356 g/mol. The molecule has 3 atom stereocenters. The van der Waals surface area contributed by atoms with Crippen LogP contribution in [0.25, 0.3) is 0 Å². The summed E-state index contributed by atoms with van der Waals surface area (Å²) in [6.45, 7) is 0. The second kappa shape index (κ2) is 8.63. The van der Waals surface area contributed by atoms with Crippen LogP contribution in [0.4, 0.5) is 0 Å². The number of hydrogen-bond acceptors (Lipinski definition) is 4. The highest BCUT2D eigenvalue weighted by atomic mass is 16.5. The van der Waals surface area contributed by atoms with Crippen molar-refractivity contribution < 1.29 is 19.4 Å². The first-order valence-corrected chi connectivity index (χ1v) is 9.64. The highest BCUT2D eigenvalue weighted by molar-refractivity contribution is 5.85. The Morgan fingerprint density at radius 1 is 1.27 bits per heavy atom. The molecule has 0 spiro atoms. The summed E-state index contributed by atoms with van der Waals surface area (Å²) in [7, 11) is 1.40. The average molecular weight is 356 g/mol. The van der Waals surface area contributed by atoms with E-state index in [2.05, 4.69) is 22.9 Å². The van der Waals surface area contributed by atoms with Crippen molar-refractivity contribution >= 4 is 11.8 Å². The van der Waals surface area contributed by atoms with Gasteiger partial charge in [-0.1, -0.05) is 30.4 Å². The molecule has 3 rings (SSSR count). The number of allylic oxidation sites excluding steroid dienone is 2. The number of esters is 1. The summed E-state index contributed by atoms with van der Waals surface area (Å²) < 4.78 is 4.62. The van der Waals surface area contributed by atoms with E-state index in [-0.39, 0.29) is 30.0 Å². The lowest BCUT2D eigenvalue weighted by Crippen LogP contribution is -2.18. The topological polar surface area (TPSA) is 63.6 Å². The highest BCUT2D eigenvalue weighted by Crippen LogP contribution is 2.41. The summed E-state index contributed by atoms with van der Waals surface area (Å²) in [6.07, 6.45) is 9.77. The van der Waals surface area contributed by atoms with Crippen LogP contribution in [0.5, 0.6) is 0 Å².